The Kier molecular flexibility index (Phi) is 6.16. The van der Waals surface area contributed by atoms with Gasteiger partial charge in [-0.15, -0.1) is 11.8 Å². The minimum atomic E-state index is -0.226. The van der Waals surface area contributed by atoms with Gasteiger partial charge in [-0.1, -0.05) is 18.2 Å². The molecule has 0 saturated carbocycles. The Morgan fingerprint density at radius 1 is 1.12 bits per heavy atom. The molecule has 1 fully saturated rings. The van der Waals surface area contributed by atoms with Crippen molar-refractivity contribution in [1.82, 2.24) is 4.90 Å². The number of carbonyl (C=O) groups excluding carboxylic acids is 1. The minimum Gasteiger partial charge on any atom is -0.367 e. The average Bonchev–Trinajstić information content (AvgIpc) is 2.68. The van der Waals surface area contributed by atoms with Crippen LogP contribution in [0.2, 0.25) is 0 Å². The van der Waals surface area contributed by atoms with Gasteiger partial charge >= 0.3 is 0 Å². The Labute approximate surface area is 158 Å². The number of hydrogen-bond donors (Lipinski definition) is 1. The predicted molar refractivity (Wildman–Crippen MR) is 107 cm³/mol. The first-order valence-electron chi connectivity index (χ1n) is 8.77. The van der Waals surface area contributed by atoms with E-state index in [9.17, 15) is 9.18 Å². The molecule has 6 heteroatoms. The zero-order valence-corrected chi connectivity index (χ0v) is 15.9. The number of hydrogen-bond acceptors (Lipinski definition) is 4. The van der Waals surface area contributed by atoms with Gasteiger partial charge in [0.25, 0.3) is 0 Å². The van der Waals surface area contributed by atoms with Crippen LogP contribution in [0.5, 0.6) is 0 Å². The Morgan fingerprint density at radius 3 is 2.54 bits per heavy atom. The van der Waals surface area contributed by atoms with E-state index in [1.54, 1.807) is 23.9 Å². The molecule has 1 heterocycles. The van der Waals surface area contributed by atoms with Crippen molar-refractivity contribution in [2.24, 2.45) is 0 Å². The molecule has 138 valence electrons. The number of piperazine rings is 1. The molecule has 4 nitrogen and oxygen atoms in total. The van der Waals surface area contributed by atoms with E-state index in [1.807, 2.05) is 48.4 Å². The quantitative estimate of drug-likeness (QED) is 0.811. The van der Waals surface area contributed by atoms with E-state index < -0.39 is 0 Å². The lowest BCUT2D eigenvalue weighted by Crippen LogP contribution is -2.53. The maximum atomic E-state index is 13.9. The van der Waals surface area contributed by atoms with Gasteiger partial charge in [0.1, 0.15) is 5.82 Å². The molecular formula is C20H24FN3OS. The first kappa shape index (κ1) is 18.7. The molecule has 26 heavy (non-hydrogen) atoms. The molecule has 0 aromatic heterocycles. The fourth-order valence-electron chi connectivity index (χ4n) is 3.17. The van der Waals surface area contributed by atoms with Gasteiger partial charge in [-0.3, -0.25) is 9.69 Å². The Bertz CT molecular complexity index is 762. The second-order valence-electron chi connectivity index (χ2n) is 6.37. The fourth-order valence-corrected chi connectivity index (χ4v) is 3.63. The van der Waals surface area contributed by atoms with Gasteiger partial charge < -0.3 is 10.2 Å². The summed E-state index contributed by atoms with van der Waals surface area (Å²) in [5, 5.41) is 3.00. The topological polar surface area (TPSA) is 35.6 Å². The lowest BCUT2D eigenvalue weighted by Gasteiger charge is -2.38. The van der Waals surface area contributed by atoms with Crippen LogP contribution in [0.15, 0.2) is 53.4 Å². The van der Waals surface area contributed by atoms with Crippen LogP contribution in [0, 0.1) is 5.82 Å². The first-order chi connectivity index (χ1) is 12.6. The highest BCUT2D eigenvalue weighted by molar-refractivity contribution is 7.98. The third-order valence-corrected chi connectivity index (χ3v) is 5.50. The van der Waals surface area contributed by atoms with Crippen molar-refractivity contribution in [3.05, 3.63) is 54.3 Å². The smallest absolute Gasteiger partial charge is 0.241 e. The van der Waals surface area contributed by atoms with E-state index in [4.69, 9.17) is 0 Å². The van der Waals surface area contributed by atoms with E-state index in [1.165, 1.54) is 6.07 Å². The maximum absolute atomic E-state index is 13.9. The van der Waals surface area contributed by atoms with Crippen molar-refractivity contribution < 1.29 is 9.18 Å². The van der Waals surface area contributed by atoms with Gasteiger partial charge in [0, 0.05) is 36.8 Å². The summed E-state index contributed by atoms with van der Waals surface area (Å²) in [5.41, 5.74) is 1.46. The standard InChI is InChI=1S/C20H24FN3OS/c1-15(20(25)22-16-6-5-7-17(14-16)26-2)23-10-12-24(13-11-23)19-9-4-3-8-18(19)21/h3-9,14-15H,10-13H2,1-2H3,(H,22,25). The van der Waals surface area contributed by atoms with Crippen molar-refractivity contribution in [3.63, 3.8) is 0 Å². The van der Waals surface area contributed by atoms with Gasteiger partial charge in [-0.25, -0.2) is 4.39 Å². The van der Waals surface area contributed by atoms with Gasteiger partial charge in [-0.05, 0) is 43.5 Å². The molecule has 1 aliphatic heterocycles. The van der Waals surface area contributed by atoms with Crippen molar-refractivity contribution in [2.45, 2.75) is 17.9 Å². The van der Waals surface area contributed by atoms with Crippen molar-refractivity contribution in [2.75, 3.05) is 42.7 Å². The van der Waals surface area contributed by atoms with Crippen LogP contribution < -0.4 is 10.2 Å². The number of thioether (sulfide) groups is 1. The molecule has 0 radical (unpaired) electrons. The number of carbonyl (C=O) groups is 1. The summed E-state index contributed by atoms with van der Waals surface area (Å²) in [5.74, 6) is -0.206. The molecule has 2 aromatic rings. The normalized spacial score (nSPS) is 16.3. The summed E-state index contributed by atoms with van der Waals surface area (Å²) in [7, 11) is 0. The third kappa shape index (κ3) is 4.37. The van der Waals surface area contributed by atoms with E-state index in [2.05, 4.69) is 10.2 Å². The monoisotopic (exact) mass is 373 g/mol. The fraction of sp³-hybridized carbons (Fsp3) is 0.350. The highest BCUT2D eigenvalue weighted by Crippen LogP contribution is 2.22. The van der Waals surface area contributed by atoms with Crippen LogP contribution >= 0.6 is 11.8 Å². The molecular weight excluding hydrogens is 349 g/mol. The third-order valence-electron chi connectivity index (χ3n) is 4.77. The second kappa shape index (κ2) is 8.56. The molecule has 1 aliphatic rings. The second-order valence-corrected chi connectivity index (χ2v) is 7.25. The van der Waals surface area contributed by atoms with Gasteiger partial charge in [-0.2, -0.15) is 0 Å². The van der Waals surface area contributed by atoms with Crippen LogP contribution in [0.25, 0.3) is 0 Å². The molecule has 1 N–H and O–H groups in total. The summed E-state index contributed by atoms with van der Waals surface area (Å²) in [6, 6.07) is 14.5. The lowest BCUT2D eigenvalue weighted by atomic mass is 10.2. The zero-order valence-electron chi connectivity index (χ0n) is 15.1. The molecule has 0 aliphatic carbocycles. The van der Waals surface area contributed by atoms with Gasteiger partial charge in [0.15, 0.2) is 0 Å². The van der Waals surface area contributed by atoms with E-state index in [0.717, 1.165) is 23.7 Å². The van der Waals surface area contributed by atoms with Crippen molar-refractivity contribution in [3.8, 4) is 0 Å². The number of para-hydroxylation sites is 1. The number of nitrogens with one attached hydrogen (secondary N) is 1. The Morgan fingerprint density at radius 2 is 1.85 bits per heavy atom. The van der Waals surface area contributed by atoms with E-state index >= 15 is 0 Å². The Hall–Kier alpha value is -2.05. The lowest BCUT2D eigenvalue weighted by molar-refractivity contribution is -0.120. The minimum absolute atomic E-state index is 0.0115. The number of nitrogens with zero attached hydrogens (tertiary/aromatic N) is 2. The zero-order chi connectivity index (χ0) is 18.5. The SMILES string of the molecule is CSc1cccc(NC(=O)C(C)N2CCN(c3ccccc3F)CC2)c1. The van der Waals surface area contributed by atoms with E-state index in [0.29, 0.717) is 18.8 Å². The molecule has 1 amide bonds. The van der Waals surface area contributed by atoms with Gasteiger partial charge in [0.2, 0.25) is 5.91 Å². The van der Waals surface area contributed by atoms with Crippen molar-refractivity contribution >= 4 is 29.0 Å². The summed E-state index contributed by atoms with van der Waals surface area (Å²) in [6.07, 6.45) is 2.01. The van der Waals surface area contributed by atoms with Crippen molar-refractivity contribution in [1.29, 1.82) is 0 Å². The number of anilines is 2. The van der Waals surface area contributed by atoms with E-state index in [-0.39, 0.29) is 17.8 Å². The molecule has 2 aromatic carbocycles. The number of rotatable bonds is 5. The first-order valence-corrected chi connectivity index (χ1v) is 9.99. The summed E-state index contributed by atoms with van der Waals surface area (Å²) >= 11 is 1.65. The highest BCUT2D eigenvalue weighted by Gasteiger charge is 2.26. The van der Waals surface area contributed by atoms with Crippen LogP contribution in [-0.4, -0.2) is 49.3 Å². The molecule has 3 rings (SSSR count). The number of benzene rings is 2. The largest absolute Gasteiger partial charge is 0.367 e. The molecule has 0 bridgehead atoms. The molecule has 1 saturated heterocycles. The summed E-state index contributed by atoms with van der Waals surface area (Å²) in [6.45, 7) is 4.80. The number of halogens is 1. The van der Waals surface area contributed by atoms with Crippen LogP contribution in [0.4, 0.5) is 15.8 Å². The Balaban J connectivity index is 1.56. The molecule has 0 spiro atoms. The summed E-state index contributed by atoms with van der Waals surface area (Å²) in [4.78, 5) is 17.9. The molecule has 1 atom stereocenters. The summed E-state index contributed by atoms with van der Waals surface area (Å²) < 4.78 is 13.9. The molecule has 1 unspecified atom stereocenters. The highest BCUT2D eigenvalue weighted by atomic mass is 32.2. The maximum Gasteiger partial charge on any atom is 0.241 e. The number of amides is 1. The van der Waals surface area contributed by atoms with Crippen LogP contribution in [0.1, 0.15) is 6.92 Å². The van der Waals surface area contributed by atoms with Crippen LogP contribution in [0.3, 0.4) is 0 Å². The average molecular weight is 373 g/mol. The predicted octanol–water partition coefficient (Wildman–Crippen LogP) is 3.70. The van der Waals surface area contributed by atoms with Crippen LogP contribution in [-0.2, 0) is 4.79 Å². The van der Waals surface area contributed by atoms with Gasteiger partial charge in [0.05, 0.1) is 11.7 Å².